The van der Waals surface area contributed by atoms with Gasteiger partial charge in [0, 0.05) is 23.6 Å². The Kier molecular flexibility index (Phi) is 4.89. The van der Waals surface area contributed by atoms with Gasteiger partial charge in [-0.3, -0.25) is 4.79 Å². The molecule has 138 valence electrons. The molecular weight excluding hydrogens is 350 g/mol. The Bertz CT molecular complexity index is 1130. The van der Waals surface area contributed by atoms with Crippen LogP contribution < -0.4 is 15.8 Å². The number of aromatic nitrogens is 1. The number of benzene rings is 3. The van der Waals surface area contributed by atoms with E-state index in [1.54, 1.807) is 30.3 Å². The molecule has 4 aromatic rings. The van der Waals surface area contributed by atoms with E-state index in [0.29, 0.717) is 29.4 Å². The number of carbonyl (C=O) groups excluding carboxylic acids is 1. The Labute approximate surface area is 162 Å². The molecule has 3 N–H and O–H groups in total. The predicted octanol–water partition coefficient (Wildman–Crippen LogP) is 4.54. The number of pyridine rings is 1. The number of amides is 1. The molecule has 1 amide bonds. The molecule has 0 aliphatic heterocycles. The van der Waals surface area contributed by atoms with Crippen molar-refractivity contribution in [2.75, 3.05) is 5.73 Å². The molecule has 3 aromatic carbocycles. The number of nitrogens with zero attached hydrogens (tertiary/aromatic N) is 1. The van der Waals surface area contributed by atoms with Gasteiger partial charge in [0.1, 0.15) is 17.3 Å². The van der Waals surface area contributed by atoms with Gasteiger partial charge in [-0.15, -0.1) is 0 Å². The third-order valence-corrected chi connectivity index (χ3v) is 4.32. The number of para-hydroxylation sites is 1. The number of carbonyl (C=O) groups is 1. The van der Waals surface area contributed by atoms with Gasteiger partial charge >= 0.3 is 0 Å². The first-order chi connectivity index (χ1) is 13.7. The van der Waals surface area contributed by atoms with E-state index in [4.69, 9.17) is 10.5 Å². The summed E-state index contributed by atoms with van der Waals surface area (Å²) < 4.78 is 6.03. The second-order valence-electron chi connectivity index (χ2n) is 6.36. The highest BCUT2D eigenvalue weighted by atomic mass is 16.5. The van der Waals surface area contributed by atoms with Crippen LogP contribution in [0, 0.1) is 0 Å². The fourth-order valence-electron chi connectivity index (χ4n) is 2.96. The Morgan fingerprint density at radius 3 is 2.57 bits per heavy atom. The zero-order valence-corrected chi connectivity index (χ0v) is 15.1. The fourth-order valence-corrected chi connectivity index (χ4v) is 2.96. The molecule has 0 atom stereocenters. The fraction of sp³-hybridized carbons (Fsp3) is 0.0435. The minimum atomic E-state index is -0.159. The Balaban J connectivity index is 1.54. The summed E-state index contributed by atoms with van der Waals surface area (Å²) in [6, 6.07) is 26.2. The number of rotatable bonds is 5. The lowest BCUT2D eigenvalue weighted by Crippen LogP contribution is -2.22. The number of nitrogen functional groups attached to an aromatic ring is 1. The number of hydrogen-bond donors (Lipinski definition) is 2. The largest absolute Gasteiger partial charge is 0.456 e. The minimum Gasteiger partial charge on any atom is -0.456 e. The highest BCUT2D eigenvalue weighted by Gasteiger charge is 2.10. The summed E-state index contributed by atoms with van der Waals surface area (Å²) in [7, 11) is 0. The van der Waals surface area contributed by atoms with Crippen molar-refractivity contribution in [2.45, 2.75) is 6.54 Å². The first kappa shape index (κ1) is 17.5. The highest BCUT2D eigenvalue weighted by Crippen LogP contribution is 2.31. The summed E-state index contributed by atoms with van der Waals surface area (Å²) in [6.45, 7) is 0.469. The second kappa shape index (κ2) is 7.80. The normalized spacial score (nSPS) is 10.6. The zero-order valence-electron chi connectivity index (χ0n) is 15.1. The van der Waals surface area contributed by atoms with Gasteiger partial charge in [-0.2, -0.15) is 0 Å². The van der Waals surface area contributed by atoms with E-state index < -0.39 is 0 Å². The molecular formula is C23H19N3O2. The van der Waals surface area contributed by atoms with Crippen molar-refractivity contribution in [3.63, 3.8) is 0 Å². The van der Waals surface area contributed by atoms with Gasteiger partial charge in [-0.1, -0.05) is 48.5 Å². The molecule has 5 nitrogen and oxygen atoms in total. The third-order valence-electron chi connectivity index (χ3n) is 4.32. The van der Waals surface area contributed by atoms with Crippen LogP contribution in [0.5, 0.6) is 11.5 Å². The molecule has 0 saturated carbocycles. The molecule has 0 radical (unpaired) electrons. The summed E-state index contributed by atoms with van der Waals surface area (Å²) in [4.78, 5) is 16.8. The summed E-state index contributed by atoms with van der Waals surface area (Å²) in [5.74, 6) is 1.38. The molecule has 0 aliphatic rings. The number of anilines is 1. The Morgan fingerprint density at radius 1 is 0.929 bits per heavy atom. The van der Waals surface area contributed by atoms with Crippen LogP contribution in [0.25, 0.3) is 10.9 Å². The summed E-state index contributed by atoms with van der Waals surface area (Å²) in [6.07, 6.45) is 0. The first-order valence-electron chi connectivity index (χ1n) is 8.94. The zero-order chi connectivity index (χ0) is 19.3. The average Bonchev–Trinajstić information content (AvgIpc) is 2.73. The summed E-state index contributed by atoms with van der Waals surface area (Å²) >= 11 is 0. The van der Waals surface area contributed by atoms with E-state index in [9.17, 15) is 4.79 Å². The number of ether oxygens (including phenoxy) is 1. The molecule has 4 rings (SSSR count). The van der Waals surface area contributed by atoms with Crippen LogP contribution in [0.1, 0.15) is 15.9 Å². The van der Waals surface area contributed by atoms with Gasteiger partial charge in [0.2, 0.25) is 0 Å². The Hall–Kier alpha value is -3.86. The Morgan fingerprint density at radius 2 is 1.71 bits per heavy atom. The molecule has 0 spiro atoms. The number of nitrogens with two attached hydrogens (primary N) is 1. The predicted molar refractivity (Wildman–Crippen MR) is 110 cm³/mol. The number of fused-ring (bicyclic) bond motifs is 1. The van der Waals surface area contributed by atoms with Crippen LogP contribution in [0.15, 0.2) is 84.9 Å². The van der Waals surface area contributed by atoms with Crippen molar-refractivity contribution in [2.24, 2.45) is 0 Å². The standard InChI is InChI=1S/C23H19N3O2/c24-22-14-21(19-11-4-5-12-20(19)26-22)28-18-10-6-9-17(13-18)23(27)25-15-16-7-2-1-3-8-16/h1-14H,15H2,(H2,24,26)(H,25,27). The maximum Gasteiger partial charge on any atom is 0.251 e. The van der Waals surface area contributed by atoms with Gasteiger partial charge in [-0.25, -0.2) is 4.98 Å². The van der Waals surface area contributed by atoms with Crippen molar-refractivity contribution in [3.05, 3.63) is 96.1 Å². The van der Waals surface area contributed by atoms with Gasteiger partial charge in [0.05, 0.1) is 5.52 Å². The summed E-state index contributed by atoms with van der Waals surface area (Å²) in [5, 5.41) is 3.78. The monoisotopic (exact) mass is 369 g/mol. The van der Waals surface area contributed by atoms with Crippen LogP contribution >= 0.6 is 0 Å². The quantitative estimate of drug-likeness (QED) is 0.541. The molecule has 0 aliphatic carbocycles. The third kappa shape index (κ3) is 3.94. The molecule has 5 heteroatoms. The van der Waals surface area contributed by atoms with Crippen LogP contribution in [0.3, 0.4) is 0 Å². The lowest BCUT2D eigenvalue weighted by Gasteiger charge is -2.11. The first-order valence-corrected chi connectivity index (χ1v) is 8.94. The molecule has 0 unspecified atom stereocenters. The smallest absolute Gasteiger partial charge is 0.251 e. The van der Waals surface area contributed by atoms with Gasteiger partial charge < -0.3 is 15.8 Å². The molecule has 28 heavy (non-hydrogen) atoms. The molecule has 1 heterocycles. The van der Waals surface area contributed by atoms with Crippen LogP contribution in [0.4, 0.5) is 5.82 Å². The van der Waals surface area contributed by atoms with Crippen molar-refractivity contribution in [1.82, 2.24) is 10.3 Å². The lowest BCUT2D eigenvalue weighted by molar-refractivity contribution is 0.0950. The topological polar surface area (TPSA) is 77.2 Å². The van der Waals surface area contributed by atoms with E-state index in [-0.39, 0.29) is 5.91 Å². The van der Waals surface area contributed by atoms with Gasteiger partial charge in [-0.05, 0) is 35.9 Å². The van der Waals surface area contributed by atoms with Crippen LogP contribution in [-0.4, -0.2) is 10.9 Å². The summed E-state index contributed by atoms with van der Waals surface area (Å²) in [5.41, 5.74) is 8.23. The van der Waals surface area contributed by atoms with E-state index in [0.717, 1.165) is 16.5 Å². The van der Waals surface area contributed by atoms with E-state index >= 15 is 0 Å². The molecule has 0 saturated heterocycles. The SMILES string of the molecule is Nc1cc(Oc2cccc(C(=O)NCc3ccccc3)c2)c2ccccc2n1. The van der Waals surface area contributed by atoms with E-state index in [2.05, 4.69) is 10.3 Å². The van der Waals surface area contributed by atoms with Crippen molar-refractivity contribution in [1.29, 1.82) is 0 Å². The van der Waals surface area contributed by atoms with Gasteiger partial charge in [0.15, 0.2) is 0 Å². The van der Waals surface area contributed by atoms with Crippen LogP contribution in [0.2, 0.25) is 0 Å². The molecule has 0 fully saturated rings. The maximum absolute atomic E-state index is 12.5. The number of nitrogens with one attached hydrogen (secondary N) is 1. The van der Waals surface area contributed by atoms with Gasteiger partial charge in [0.25, 0.3) is 5.91 Å². The van der Waals surface area contributed by atoms with E-state index in [1.807, 2.05) is 54.6 Å². The highest BCUT2D eigenvalue weighted by molar-refractivity contribution is 5.94. The van der Waals surface area contributed by atoms with Crippen molar-refractivity contribution >= 4 is 22.6 Å². The maximum atomic E-state index is 12.5. The lowest BCUT2D eigenvalue weighted by atomic mass is 10.1. The van der Waals surface area contributed by atoms with Crippen LogP contribution in [-0.2, 0) is 6.54 Å². The minimum absolute atomic E-state index is 0.159. The van der Waals surface area contributed by atoms with E-state index in [1.165, 1.54) is 0 Å². The average molecular weight is 369 g/mol. The van der Waals surface area contributed by atoms with Crippen molar-refractivity contribution in [3.8, 4) is 11.5 Å². The molecule has 1 aromatic heterocycles. The second-order valence-corrected chi connectivity index (χ2v) is 6.36. The molecule has 0 bridgehead atoms. The van der Waals surface area contributed by atoms with Crippen molar-refractivity contribution < 1.29 is 9.53 Å². The number of hydrogen-bond acceptors (Lipinski definition) is 4.